The van der Waals surface area contributed by atoms with E-state index in [1.165, 1.54) is 0 Å². The maximum Gasteiger partial charge on any atom is 0.256 e. The number of rotatable bonds is 6. The van der Waals surface area contributed by atoms with E-state index in [1.807, 2.05) is 32.1 Å². The third-order valence-electron chi connectivity index (χ3n) is 6.49. The molecule has 0 aromatic rings. The summed E-state index contributed by atoms with van der Waals surface area (Å²) >= 11 is 6.18. The van der Waals surface area contributed by atoms with Crippen molar-refractivity contribution in [3.8, 4) is 12.3 Å². The van der Waals surface area contributed by atoms with E-state index in [0.717, 1.165) is 22.8 Å². The number of amidine groups is 1. The van der Waals surface area contributed by atoms with Crippen LogP contribution < -0.4 is 5.32 Å². The van der Waals surface area contributed by atoms with Crippen molar-refractivity contribution in [2.24, 2.45) is 9.98 Å². The van der Waals surface area contributed by atoms with Gasteiger partial charge in [0, 0.05) is 39.1 Å². The SMILES string of the molecule is C#CC.C=NC1=C(NCC2=CCN=C(N3CCN(C(=O)C(O)C4=C/COCOC/C=C\4)CC3)C=C2)C=CC(Cl)C1.CC. The number of ether oxygens (including phenoxy) is 2. The van der Waals surface area contributed by atoms with Crippen LogP contribution in [0.4, 0.5) is 0 Å². The highest BCUT2D eigenvalue weighted by atomic mass is 35.5. The Balaban J connectivity index is 0.00000116. The second kappa shape index (κ2) is 19.7. The van der Waals surface area contributed by atoms with Crippen molar-refractivity contribution >= 4 is 30.1 Å². The molecule has 0 aromatic carbocycles. The first-order valence-electron chi connectivity index (χ1n) is 14.3. The van der Waals surface area contributed by atoms with Crippen LogP contribution in [0.2, 0.25) is 0 Å². The fraction of sp³-hybridized carbons (Fsp3) is 0.469. The molecule has 0 radical (unpaired) electrons. The van der Waals surface area contributed by atoms with E-state index in [-0.39, 0.29) is 24.7 Å². The van der Waals surface area contributed by atoms with E-state index >= 15 is 0 Å². The molecule has 1 fully saturated rings. The number of aliphatic imine (C=N–C) groups is 2. The van der Waals surface area contributed by atoms with E-state index < -0.39 is 6.10 Å². The van der Waals surface area contributed by atoms with Crippen molar-refractivity contribution in [1.82, 2.24) is 15.1 Å². The number of halogens is 1. The summed E-state index contributed by atoms with van der Waals surface area (Å²) < 4.78 is 10.5. The zero-order valence-corrected chi connectivity index (χ0v) is 25.7. The van der Waals surface area contributed by atoms with E-state index in [1.54, 1.807) is 30.1 Å². The van der Waals surface area contributed by atoms with Crippen LogP contribution in [0.3, 0.4) is 0 Å². The topological polar surface area (TPSA) is 99.0 Å². The highest BCUT2D eigenvalue weighted by molar-refractivity contribution is 6.22. The minimum atomic E-state index is -1.22. The number of aliphatic hydroxyl groups excluding tert-OH is 1. The third-order valence-corrected chi connectivity index (χ3v) is 6.79. The number of amides is 1. The molecule has 2 unspecified atom stereocenters. The fourth-order valence-electron chi connectivity index (χ4n) is 4.37. The van der Waals surface area contributed by atoms with Gasteiger partial charge in [-0.3, -0.25) is 14.8 Å². The highest BCUT2D eigenvalue weighted by Crippen LogP contribution is 2.22. The molecule has 0 saturated carbocycles. The summed E-state index contributed by atoms with van der Waals surface area (Å²) in [4.78, 5) is 25.7. The quantitative estimate of drug-likeness (QED) is 0.276. The Morgan fingerprint density at radius 3 is 2.64 bits per heavy atom. The number of carbonyl (C=O) groups is 1. The Bertz CT molecular complexity index is 1150. The molecular weight excluding hydrogens is 554 g/mol. The van der Waals surface area contributed by atoms with Gasteiger partial charge in [-0.1, -0.05) is 50.3 Å². The normalized spacial score (nSPS) is 23.2. The van der Waals surface area contributed by atoms with Crippen LogP contribution in [-0.2, 0) is 14.3 Å². The lowest BCUT2D eigenvalue weighted by molar-refractivity contribution is -0.139. The Morgan fingerprint density at radius 1 is 1.21 bits per heavy atom. The minimum Gasteiger partial charge on any atom is -0.380 e. The summed E-state index contributed by atoms with van der Waals surface area (Å²) in [5.74, 6) is 2.84. The molecular formula is C32H44ClN5O4. The lowest BCUT2D eigenvalue weighted by atomic mass is 10.1. The summed E-state index contributed by atoms with van der Waals surface area (Å²) in [6, 6.07) is 0. The number of hydrogen-bond donors (Lipinski definition) is 2. The Morgan fingerprint density at radius 2 is 1.93 bits per heavy atom. The number of allylic oxidation sites excluding steroid dienone is 3. The summed E-state index contributed by atoms with van der Waals surface area (Å²) in [6.45, 7) is 13.7. The van der Waals surface area contributed by atoms with Crippen molar-refractivity contribution in [2.75, 3.05) is 59.3 Å². The molecule has 3 heterocycles. The van der Waals surface area contributed by atoms with Crippen molar-refractivity contribution in [3.63, 3.8) is 0 Å². The lowest BCUT2D eigenvalue weighted by Gasteiger charge is -2.36. The molecule has 4 rings (SSSR count). The van der Waals surface area contributed by atoms with Gasteiger partial charge in [0.2, 0.25) is 0 Å². The molecule has 42 heavy (non-hydrogen) atoms. The summed E-state index contributed by atoms with van der Waals surface area (Å²) in [6.07, 6.45) is 19.4. The van der Waals surface area contributed by atoms with Gasteiger partial charge in [-0.05, 0) is 36.9 Å². The molecule has 228 valence electrons. The predicted molar refractivity (Wildman–Crippen MR) is 172 cm³/mol. The zero-order valence-electron chi connectivity index (χ0n) is 25.0. The van der Waals surface area contributed by atoms with Crippen LogP contribution in [-0.4, -0.2) is 104 Å². The Kier molecular flexibility index (Phi) is 16.3. The Labute approximate surface area is 255 Å². The highest BCUT2D eigenvalue weighted by Gasteiger charge is 2.28. The maximum absolute atomic E-state index is 13.0. The average molecular weight is 598 g/mol. The van der Waals surface area contributed by atoms with Crippen molar-refractivity contribution in [1.29, 1.82) is 0 Å². The molecule has 0 aromatic heterocycles. The number of terminal acetylenes is 1. The largest absolute Gasteiger partial charge is 0.380 e. The van der Waals surface area contributed by atoms with Crippen LogP contribution in [0.25, 0.3) is 0 Å². The molecule has 0 spiro atoms. The maximum atomic E-state index is 13.0. The first kappa shape index (κ1) is 34.8. The van der Waals surface area contributed by atoms with Crippen LogP contribution in [0.15, 0.2) is 81.1 Å². The van der Waals surface area contributed by atoms with Gasteiger partial charge in [0.1, 0.15) is 12.6 Å². The number of carbonyl (C=O) groups excluding carboxylic acids is 1. The summed E-state index contributed by atoms with van der Waals surface area (Å²) in [5.41, 5.74) is 3.46. The van der Waals surface area contributed by atoms with Gasteiger partial charge in [0.25, 0.3) is 5.91 Å². The minimum absolute atomic E-state index is 0.0531. The predicted octanol–water partition coefficient (Wildman–Crippen LogP) is 3.61. The molecule has 0 bridgehead atoms. The van der Waals surface area contributed by atoms with Crippen LogP contribution in [0.5, 0.6) is 0 Å². The molecule has 3 aliphatic heterocycles. The van der Waals surface area contributed by atoms with Gasteiger partial charge in [-0.2, -0.15) is 0 Å². The molecule has 2 N–H and O–H groups in total. The first-order chi connectivity index (χ1) is 20.5. The number of hydrogen-bond acceptors (Lipinski definition) is 8. The van der Waals surface area contributed by atoms with Gasteiger partial charge in [0.05, 0.1) is 36.5 Å². The second-order valence-corrected chi connectivity index (χ2v) is 9.79. The number of aliphatic hydroxyl groups is 1. The molecule has 1 saturated heterocycles. The molecule has 4 aliphatic rings. The first-order valence-corrected chi connectivity index (χ1v) is 14.7. The van der Waals surface area contributed by atoms with E-state index in [9.17, 15) is 9.90 Å². The van der Waals surface area contributed by atoms with Gasteiger partial charge < -0.3 is 29.7 Å². The molecule has 2 atom stereocenters. The summed E-state index contributed by atoms with van der Waals surface area (Å²) in [7, 11) is 0. The Hall–Kier alpha value is -3.42. The number of nitrogens with one attached hydrogen (secondary N) is 1. The molecule has 1 aliphatic carbocycles. The van der Waals surface area contributed by atoms with E-state index in [0.29, 0.717) is 57.9 Å². The number of alkyl halides is 1. The zero-order chi connectivity index (χ0) is 30.7. The van der Waals surface area contributed by atoms with Crippen molar-refractivity contribution in [3.05, 3.63) is 71.1 Å². The average Bonchev–Trinajstić information content (AvgIpc) is 3.17. The van der Waals surface area contributed by atoms with Crippen LogP contribution in [0, 0.1) is 12.3 Å². The van der Waals surface area contributed by atoms with Crippen LogP contribution >= 0.6 is 11.6 Å². The van der Waals surface area contributed by atoms with Crippen LogP contribution in [0.1, 0.15) is 27.2 Å². The fourth-order valence-corrected chi connectivity index (χ4v) is 4.59. The second-order valence-electron chi connectivity index (χ2n) is 9.23. The van der Waals surface area contributed by atoms with E-state index in [4.69, 9.17) is 26.1 Å². The molecule has 9 nitrogen and oxygen atoms in total. The van der Waals surface area contributed by atoms with Gasteiger partial charge >= 0.3 is 0 Å². The molecule has 1 amide bonds. The monoisotopic (exact) mass is 597 g/mol. The van der Waals surface area contributed by atoms with Crippen molar-refractivity contribution in [2.45, 2.75) is 38.7 Å². The molecule has 10 heteroatoms. The van der Waals surface area contributed by atoms with Gasteiger partial charge in [-0.25, -0.2) is 0 Å². The smallest absolute Gasteiger partial charge is 0.256 e. The number of nitrogens with zero attached hydrogens (tertiary/aromatic N) is 4. The van der Waals surface area contributed by atoms with Crippen molar-refractivity contribution < 1.29 is 19.4 Å². The van der Waals surface area contributed by atoms with E-state index in [2.05, 4.69) is 46.4 Å². The lowest BCUT2D eigenvalue weighted by Crippen LogP contribution is -2.52. The summed E-state index contributed by atoms with van der Waals surface area (Å²) in [5, 5.41) is 14.1. The number of piperazine rings is 1. The van der Waals surface area contributed by atoms with Gasteiger partial charge in [-0.15, -0.1) is 23.9 Å². The standard InChI is InChI=1S/C27H34ClN5O4.C3H4.C2H6/c1-29-24-17-22(28)5-6-23(24)31-18-20-4-7-25(30-10-8-20)32-11-13-33(14-12-32)27(35)26(34)21-3-2-15-36-19-37-16-9-21;1-3-2;1-2/h2-9,22,26,31,34H,1,10-19H2;1H,2H3;1-2H3/b3-2-,21-9+;;. The third kappa shape index (κ3) is 11.1. The van der Waals surface area contributed by atoms with Gasteiger partial charge in [0.15, 0.2) is 6.10 Å².